The first-order valence-corrected chi connectivity index (χ1v) is 9.92. The number of carbonyl (C=O) groups is 1. The fourth-order valence-corrected chi connectivity index (χ4v) is 3.71. The predicted octanol–water partition coefficient (Wildman–Crippen LogP) is 2.02. The van der Waals surface area contributed by atoms with Crippen molar-refractivity contribution in [1.29, 1.82) is 0 Å². The summed E-state index contributed by atoms with van der Waals surface area (Å²) in [6, 6.07) is 10.8. The Morgan fingerprint density at radius 1 is 1.26 bits per heavy atom. The summed E-state index contributed by atoms with van der Waals surface area (Å²) in [5.74, 6) is -0.164. The van der Waals surface area contributed by atoms with Gasteiger partial charge < -0.3 is 10.6 Å². The molecule has 27 heavy (non-hydrogen) atoms. The molecule has 1 aliphatic rings. The number of rotatable bonds is 8. The standard InChI is InChI=1S/C20H30N6O/c1-3-25(4-2)19(16-8-6-5-7-9-16)14-22-20(27)18-15-26(24-23-18)17-10-12-21-13-11-17/h5-9,15,17,19,21H,3-4,10-14H2,1-2H3,(H,22,27). The third-order valence-electron chi connectivity index (χ3n) is 5.32. The number of amides is 1. The van der Waals surface area contributed by atoms with Gasteiger partial charge in [0.25, 0.3) is 5.91 Å². The topological polar surface area (TPSA) is 75.1 Å². The van der Waals surface area contributed by atoms with Crippen molar-refractivity contribution in [2.75, 3.05) is 32.7 Å². The quantitative estimate of drug-likeness (QED) is 0.744. The summed E-state index contributed by atoms with van der Waals surface area (Å²) in [6.07, 6.45) is 3.81. The summed E-state index contributed by atoms with van der Waals surface area (Å²) < 4.78 is 1.84. The Labute approximate surface area is 161 Å². The van der Waals surface area contributed by atoms with E-state index in [1.54, 1.807) is 6.20 Å². The Bertz CT molecular complexity index is 706. The van der Waals surface area contributed by atoms with E-state index in [0.29, 0.717) is 18.3 Å². The third-order valence-corrected chi connectivity index (χ3v) is 5.32. The fourth-order valence-electron chi connectivity index (χ4n) is 3.71. The maximum atomic E-state index is 12.6. The molecule has 0 spiro atoms. The number of nitrogens with one attached hydrogen (secondary N) is 2. The van der Waals surface area contributed by atoms with E-state index in [9.17, 15) is 4.79 Å². The zero-order chi connectivity index (χ0) is 19.1. The minimum absolute atomic E-state index is 0.143. The number of hydrogen-bond donors (Lipinski definition) is 2. The van der Waals surface area contributed by atoms with Crippen LogP contribution in [-0.4, -0.2) is 58.5 Å². The fraction of sp³-hybridized carbons (Fsp3) is 0.550. The second-order valence-electron chi connectivity index (χ2n) is 6.92. The van der Waals surface area contributed by atoms with Crippen LogP contribution in [0.2, 0.25) is 0 Å². The van der Waals surface area contributed by atoms with Crippen LogP contribution < -0.4 is 10.6 Å². The van der Waals surface area contributed by atoms with E-state index >= 15 is 0 Å². The summed E-state index contributed by atoms with van der Waals surface area (Å²) in [5.41, 5.74) is 1.60. The molecule has 7 heteroatoms. The van der Waals surface area contributed by atoms with E-state index in [0.717, 1.165) is 39.0 Å². The van der Waals surface area contributed by atoms with Gasteiger partial charge in [-0.05, 0) is 44.6 Å². The summed E-state index contributed by atoms with van der Waals surface area (Å²) in [7, 11) is 0. The highest BCUT2D eigenvalue weighted by Crippen LogP contribution is 2.20. The smallest absolute Gasteiger partial charge is 0.273 e. The maximum absolute atomic E-state index is 12.6. The molecule has 7 nitrogen and oxygen atoms in total. The molecule has 146 valence electrons. The lowest BCUT2D eigenvalue weighted by molar-refractivity contribution is 0.0930. The number of nitrogens with zero attached hydrogens (tertiary/aromatic N) is 4. The Morgan fingerprint density at radius 3 is 2.63 bits per heavy atom. The van der Waals surface area contributed by atoms with Crippen molar-refractivity contribution in [2.24, 2.45) is 0 Å². The number of benzene rings is 1. The van der Waals surface area contributed by atoms with Gasteiger partial charge in [-0.2, -0.15) is 0 Å². The highest BCUT2D eigenvalue weighted by Gasteiger charge is 2.21. The molecule has 3 rings (SSSR count). The van der Waals surface area contributed by atoms with Gasteiger partial charge in [-0.25, -0.2) is 4.68 Å². The Morgan fingerprint density at radius 2 is 1.96 bits per heavy atom. The number of hydrogen-bond acceptors (Lipinski definition) is 5. The van der Waals surface area contributed by atoms with Gasteiger partial charge in [0.1, 0.15) is 0 Å². The normalized spacial score (nSPS) is 16.4. The highest BCUT2D eigenvalue weighted by molar-refractivity contribution is 5.91. The first kappa shape index (κ1) is 19.5. The molecule has 1 atom stereocenters. The van der Waals surface area contributed by atoms with Crippen molar-refractivity contribution in [2.45, 2.75) is 38.8 Å². The van der Waals surface area contributed by atoms with E-state index < -0.39 is 0 Å². The van der Waals surface area contributed by atoms with Gasteiger partial charge in [-0.3, -0.25) is 9.69 Å². The SMILES string of the molecule is CCN(CC)C(CNC(=O)c1cn(C2CCNCC2)nn1)c1ccccc1. The molecule has 1 fully saturated rings. The summed E-state index contributed by atoms with van der Waals surface area (Å²) >= 11 is 0. The first-order chi connectivity index (χ1) is 13.2. The van der Waals surface area contributed by atoms with Crippen LogP contribution in [0.3, 0.4) is 0 Å². The monoisotopic (exact) mass is 370 g/mol. The predicted molar refractivity (Wildman–Crippen MR) is 106 cm³/mol. The zero-order valence-electron chi connectivity index (χ0n) is 16.3. The molecule has 0 saturated carbocycles. The summed E-state index contributed by atoms with van der Waals surface area (Å²) in [4.78, 5) is 15.0. The van der Waals surface area contributed by atoms with Crippen molar-refractivity contribution in [3.63, 3.8) is 0 Å². The molecule has 0 aliphatic carbocycles. The third kappa shape index (κ3) is 4.93. The van der Waals surface area contributed by atoms with Crippen LogP contribution >= 0.6 is 0 Å². The number of likely N-dealkylation sites (N-methyl/N-ethyl adjacent to an activating group) is 1. The van der Waals surface area contributed by atoms with Crippen LogP contribution in [0.15, 0.2) is 36.5 Å². The van der Waals surface area contributed by atoms with Crippen LogP contribution in [-0.2, 0) is 0 Å². The second kappa shape index (κ2) is 9.62. The zero-order valence-corrected chi connectivity index (χ0v) is 16.3. The summed E-state index contributed by atoms with van der Waals surface area (Å²) in [5, 5.41) is 14.7. The lowest BCUT2D eigenvalue weighted by Gasteiger charge is -2.30. The van der Waals surface area contributed by atoms with E-state index in [-0.39, 0.29) is 11.9 Å². The number of piperidine rings is 1. The molecule has 2 heterocycles. The maximum Gasteiger partial charge on any atom is 0.273 e. The number of aromatic nitrogens is 3. The Kier molecular flexibility index (Phi) is 6.95. The van der Waals surface area contributed by atoms with Crippen LogP contribution in [0.25, 0.3) is 0 Å². The van der Waals surface area contributed by atoms with Crippen molar-refractivity contribution in [3.05, 3.63) is 47.8 Å². The molecule has 2 aromatic rings. The molecule has 0 bridgehead atoms. The van der Waals surface area contributed by atoms with Crippen LogP contribution in [0, 0.1) is 0 Å². The molecule has 1 aliphatic heterocycles. The lowest BCUT2D eigenvalue weighted by atomic mass is 10.1. The Balaban J connectivity index is 1.64. The Hall–Kier alpha value is -2.25. The summed E-state index contributed by atoms with van der Waals surface area (Å²) in [6.45, 7) is 8.65. The van der Waals surface area contributed by atoms with Gasteiger partial charge in [0.2, 0.25) is 0 Å². The minimum Gasteiger partial charge on any atom is -0.349 e. The van der Waals surface area contributed by atoms with Gasteiger partial charge in [0, 0.05) is 6.54 Å². The molecular weight excluding hydrogens is 340 g/mol. The molecule has 0 radical (unpaired) electrons. The largest absolute Gasteiger partial charge is 0.349 e. The molecule has 1 aromatic heterocycles. The van der Waals surface area contributed by atoms with Gasteiger partial charge in [-0.15, -0.1) is 5.10 Å². The van der Waals surface area contributed by atoms with E-state index in [1.165, 1.54) is 5.56 Å². The molecular formula is C20H30N6O. The van der Waals surface area contributed by atoms with Crippen LogP contribution in [0.4, 0.5) is 0 Å². The first-order valence-electron chi connectivity index (χ1n) is 9.92. The second-order valence-corrected chi connectivity index (χ2v) is 6.92. The van der Waals surface area contributed by atoms with Gasteiger partial charge in [0.15, 0.2) is 5.69 Å². The molecule has 1 saturated heterocycles. The molecule has 1 amide bonds. The van der Waals surface area contributed by atoms with E-state index in [4.69, 9.17) is 0 Å². The highest BCUT2D eigenvalue weighted by atomic mass is 16.2. The van der Waals surface area contributed by atoms with Gasteiger partial charge in [-0.1, -0.05) is 49.4 Å². The number of carbonyl (C=O) groups excluding carboxylic acids is 1. The molecule has 1 unspecified atom stereocenters. The van der Waals surface area contributed by atoms with Crippen molar-refractivity contribution < 1.29 is 4.79 Å². The minimum atomic E-state index is -0.164. The molecule has 2 N–H and O–H groups in total. The van der Waals surface area contributed by atoms with Gasteiger partial charge >= 0.3 is 0 Å². The van der Waals surface area contributed by atoms with Crippen molar-refractivity contribution in [1.82, 2.24) is 30.5 Å². The van der Waals surface area contributed by atoms with Crippen molar-refractivity contribution in [3.8, 4) is 0 Å². The average molecular weight is 371 g/mol. The van der Waals surface area contributed by atoms with Crippen molar-refractivity contribution >= 4 is 5.91 Å². The van der Waals surface area contributed by atoms with E-state index in [2.05, 4.69) is 51.8 Å². The molecule has 1 aromatic carbocycles. The van der Waals surface area contributed by atoms with E-state index in [1.807, 2.05) is 22.9 Å². The lowest BCUT2D eigenvalue weighted by Crippen LogP contribution is -2.38. The van der Waals surface area contributed by atoms with Crippen LogP contribution in [0.5, 0.6) is 0 Å². The average Bonchev–Trinajstić information content (AvgIpc) is 3.22. The van der Waals surface area contributed by atoms with Crippen LogP contribution in [0.1, 0.15) is 54.8 Å². The van der Waals surface area contributed by atoms with Gasteiger partial charge in [0.05, 0.1) is 18.3 Å².